The van der Waals surface area contributed by atoms with Crippen molar-refractivity contribution in [2.75, 3.05) is 13.7 Å². The zero-order valence-corrected chi connectivity index (χ0v) is 7.05. The maximum Gasteiger partial charge on any atom is 0.174 e. The molecule has 0 aliphatic carbocycles. The first-order chi connectivity index (χ1) is 5.18. The fourth-order valence-corrected chi connectivity index (χ4v) is 1.42. The topological polar surface area (TPSA) is 35.5 Å². The molecule has 11 heavy (non-hydrogen) atoms. The molecule has 1 aliphatic heterocycles. The molecule has 0 amide bonds. The van der Waals surface area contributed by atoms with Crippen LogP contribution in [-0.2, 0) is 14.3 Å². The van der Waals surface area contributed by atoms with Crippen LogP contribution in [0.4, 0.5) is 0 Å². The first-order valence-corrected chi connectivity index (χ1v) is 3.87. The normalized spacial score (nSPS) is 30.7. The first kappa shape index (κ1) is 8.68. The first-order valence-electron chi connectivity index (χ1n) is 3.87. The summed E-state index contributed by atoms with van der Waals surface area (Å²) in [5.41, 5.74) is 0. The molecular formula is C8H14O3. The summed E-state index contributed by atoms with van der Waals surface area (Å²) in [6, 6.07) is 0. The van der Waals surface area contributed by atoms with E-state index < -0.39 is 5.79 Å². The van der Waals surface area contributed by atoms with E-state index >= 15 is 0 Å². The minimum absolute atomic E-state index is 0.119. The van der Waals surface area contributed by atoms with Crippen LogP contribution in [0.2, 0.25) is 0 Å². The van der Waals surface area contributed by atoms with Gasteiger partial charge in [-0.3, -0.25) is 4.79 Å². The van der Waals surface area contributed by atoms with E-state index in [0.717, 1.165) is 12.8 Å². The van der Waals surface area contributed by atoms with Gasteiger partial charge in [0.25, 0.3) is 0 Å². The summed E-state index contributed by atoms with van der Waals surface area (Å²) in [5.74, 6) is -0.472. The number of hydrogen-bond acceptors (Lipinski definition) is 3. The molecule has 1 saturated heterocycles. The molecule has 0 radical (unpaired) electrons. The highest BCUT2D eigenvalue weighted by molar-refractivity contribution is 5.76. The molecule has 0 aromatic rings. The molecule has 0 spiro atoms. The van der Waals surface area contributed by atoms with Crippen LogP contribution < -0.4 is 0 Å². The average Bonchev–Trinajstić information content (AvgIpc) is 2.36. The van der Waals surface area contributed by atoms with Gasteiger partial charge >= 0.3 is 0 Å². The van der Waals surface area contributed by atoms with E-state index in [0.29, 0.717) is 13.0 Å². The summed E-state index contributed by atoms with van der Waals surface area (Å²) in [7, 11) is 1.59. The Labute approximate surface area is 66.7 Å². The highest BCUT2D eigenvalue weighted by Gasteiger charge is 2.36. The monoisotopic (exact) mass is 158 g/mol. The summed E-state index contributed by atoms with van der Waals surface area (Å²) in [5, 5.41) is 0. The van der Waals surface area contributed by atoms with E-state index in [2.05, 4.69) is 0 Å². The maximum atomic E-state index is 10.8. The molecule has 0 bridgehead atoms. The lowest BCUT2D eigenvalue weighted by molar-refractivity contribution is -0.197. The second kappa shape index (κ2) is 3.32. The molecule has 0 saturated carbocycles. The predicted octanol–water partition coefficient (Wildman–Crippen LogP) is 1.12. The quantitative estimate of drug-likeness (QED) is 0.617. The zero-order chi connectivity index (χ0) is 8.32. The summed E-state index contributed by atoms with van der Waals surface area (Å²) in [4.78, 5) is 10.8. The Bertz CT molecular complexity index is 147. The zero-order valence-electron chi connectivity index (χ0n) is 7.05. The number of carbonyl (C=O) groups is 1. The standard InChI is InChI=1S/C8H14O3/c1-7(9)6-8(10-2)4-3-5-11-8/h3-6H2,1-2H3. The van der Waals surface area contributed by atoms with Crippen molar-refractivity contribution in [3.63, 3.8) is 0 Å². The average molecular weight is 158 g/mol. The van der Waals surface area contributed by atoms with Gasteiger partial charge in [-0.05, 0) is 13.3 Å². The van der Waals surface area contributed by atoms with Crippen molar-refractivity contribution in [2.24, 2.45) is 0 Å². The Morgan fingerprint density at radius 3 is 2.82 bits per heavy atom. The number of methoxy groups -OCH3 is 1. The molecule has 3 nitrogen and oxygen atoms in total. The van der Waals surface area contributed by atoms with E-state index in [1.807, 2.05) is 0 Å². The third-order valence-corrected chi connectivity index (χ3v) is 1.96. The van der Waals surface area contributed by atoms with Gasteiger partial charge in [-0.2, -0.15) is 0 Å². The predicted molar refractivity (Wildman–Crippen MR) is 40.2 cm³/mol. The fraction of sp³-hybridized carbons (Fsp3) is 0.875. The summed E-state index contributed by atoms with van der Waals surface area (Å²) in [6.45, 7) is 2.27. The Kier molecular flexibility index (Phi) is 2.62. The van der Waals surface area contributed by atoms with E-state index in [1.165, 1.54) is 0 Å². The summed E-state index contributed by atoms with van der Waals surface area (Å²) >= 11 is 0. The second-order valence-electron chi connectivity index (χ2n) is 2.95. The van der Waals surface area contributed by atoms with Crippen molar-refractivity contribution in [1.82, 2.24) is 0 Å². The SMILES string of the molecule is COC1(CC(C)=O)CCCO1. The summed E-state index contributed by atoms with van der Waals surface area (Å²) in [6.07, 6.45) is 2.20. The number of ketones is 1. The molecule has 0 aromatic heterocycles. The molecule has 0 N–H and O–H groups in total. The molecule has 1 rings (SSSR count). The Morgan fingerprint density at radius 1 is 1.73 bits per heavy atom. The van der Waals surface area contributed by atoms with Crippen molar-refractivity contribution in [3.05, 3.63) is 0 Å². The highest BCUT2D eigenvalue weighted by atomic mass is 16.7. The van der Waals surface area contributed by atoms with Gasteiger partial charge in [0.2, 0.25) is 0 Å². The van der Waals surface area contributed by atoms with Gasteiger partial charge in [-0.25, -0.2) is 0 Å². The molecule has 0 aromatic carbocycles. The van der Waals surface area contributed by atoms with Crippen molar-refractivity contribution in [1.29, 1.82) is 0 Å². The molecule has 64 valence electrons. The molecule has 1 unspecified atom stereocenters. The van der Waals surface area contributed by atoms with Crippen molar-refractivity contribution in [3.8, 4) is 0 Å². The van der Waals surface area contributed by atoms with E-state index in [1.54, 1.807) is 14.0 Å². The van der Waals surface area contributed by atoms with Crippen LogP contribution in [0.15, 0.2) is 0 Å². The highest BCUT2D eigenvalue weighted by Crippen LogP contribution is 2.29. The van der Waals surface area contributed by atoms with Crippen LogP contribution in [0, 0.1) is 0 Å². The van der Waals surface area contributed by atoms with Crippen LogP contribution in [0.25, 0.3) is 0 Å². The molecule has 1 fully saturated rings. The Hall–Kier alpha value is -0.410. The van der Waals surface area contributed by atoms with Gasteiger partial charge in [-0.15, -0.1) is 0 Å². The molecule has 3 heteroatoms. The maximum absolute atomic E-state index is 10.8. The fourth-order valence-electron chi connectivity index (χ4n) is 1.42. The Balaban J connectivity index is 2.52. The van der Waals surface area contributed by atoms with Gasteiger partial charge in [0.1, 0.15) is 5.78 Å². The van der Waals surface area contributed by atoms with Crippen LogP contribution in [0.1, 0.15) is 26.2 Å². The molecule has 1 aliphatic rings. The number of carbonyl (C=O) groups excluding carboxylic acids is 1. The van der Waals surface area contributed by atoms with Gasteiger partial charge in [0.15, 0.2) is 5.79 Å². The van der Waals surface area contributed by atoms with Crippen LogP contribution in [0.5, 0.6) is 0 Å². The summed E-state index contributed by atoms with van der Waals surface area (Å²) < 4.78 is 10.5. The number of rotatable bonds is 3. The van der Waals surface area contributed by atoms with Crippen molar-refractivity contribution >= 4 is 5.78 Å². The lowest BCUT2D eigenvalue weighted by Crippen LogP contribution is -2.32. The Morgan fingerprint density at radius 2 is 2.45 bits per heavy atom. The van der Waals surface area contributed by atoms with E-state index in [4.69, 9.17) is 9.47 Å². The van der Waals surface area contributed by atoms with Gasteiger partial charge in [0.05, 0.1) is 13.0 Å². The van der Waals surface area contributed by atoms with Crippen molar-refractivity contribution in [2.45, 2.75) is 32.0 Å². The lowest BCUT2D eigenvalue weighted by Gasteiger charge is -2.24. The third kappa shape index (κ3) is 2.01. The number of hydrogen-bond donors (Lipinski definition) is 0. The van der Waals surface area contributed by atoms with Gasteiger partial charge < -0.3 is 9.47 Å². The second-order valence-corrected chi connectivity index (χ2v) is 2.95. The van der Waals surface area contributed by atoms with Gasteiger partial charge in [-0.1, -0.05) is 0 Å². The number of ether oxygens (including phenoxy) is 2. The minimum atomic E-state index is -0.591. The van der Waals surface area contributed by atoms with Crippen molar-refractivity contribution < 1.29 is 14.3 Å². The van der Waals surface area contributed by atoms with E-state index in [9.17, 15) is 4.79 Å². The minimum Gasteiger partial charge on any atom is -0.353 e. The molecule has 1 heterocycles. The van der Waals surface area contributed by atoms with Crippen LogP contribution in [0.3, 0.4) is 0 Å². The van der Waals surface area contributed by atoms with Crippen LogP contribution in [-0.4, -0.2) is 25.3 Å². The smallest absolute Gasteiger partial charge is 0.174 e. The number of Topliss-reactive ketones (excluding diaryl/α,β-unsaturated/α-hetero) is 1. The van der Waals surface area contributed by atoms with E-state index in [-0.39, 0.29) is 5.78 Å². The lowest BCUT2D eigenvalue weighted by atomic mass is 10.1. The molecule has 1 atom stereocenters. The largest absolute Gasteiger partial charge is 0.353 e. The van der Waals surface area contributed by atoms with Crippen LogP contribution >= 0.6 is 0 Å². The molecular weight excluding hydrogens is 144 g/mol. The third-order valence-electron chi connectivity index (χ3n) is 1.96. The van der Waals surface area contributed by atoms with Gasteiger partial charge in [0, 0.05) is 13.5 Å².